The molecule has 0 saturated carbocycles. The molecule has 0 fully saturated rings. The zero-order chi connectivity index (χ0) is 32.3. The number of nitrogens with zero attached hydrogens (tertiary/aromatic N) is 2. The molecule has 2 aromatic heterocycles. The number of alkyl halides is 8. The Hall–Kier alpha value is -4.41. The molecule has 15 heteroatoms. The van der Waals surface area contributed by atoms with Crippen LogP contribution in [-0.2, 0) is 18.3 Å². The number of rotatable bonds is 6. The molecule has 0 aliphatic carbocycles. The molecule has 0 atom stereocenters. The van der Waals surface area contributed by atoms with Crippen LogP contribution in [0.3, 0.4) is 0 Å². The van der Waals surface area contributed by atoms with E-state index in [0.717, 1.165) is 24.4 Å². The third-order valence-electron chi connectivity index (χ3n) is 5.69. The monoisotopic (exact) mass is 659 g/mol. The Morgan fingerprint density at radius 1 is 0.795 bits per heavy atom. The summed E-state index contributed by atoms with van der Waals surface area (Å²) < 4.78 is 113. The van der Waals surface area contributed by atoms with Crippen molar-refractivity contribution < 1.29 is 44.7 Å². The van der Waals surface area contributed by atoms with Crippen molar-refractivity contribution in [1.82, 2.24) is 15.3 Å². The zero-order valence-electron chi connectivity index (χ0n) is 21.6. The first-order valence-electron chi connectivity index (χ1n) is 12.1. The van der Waals surface area contributed by atoms with Crippen LogP contribution < -0.4 is 10.1 Å². The fourth-order valence-corrected chi connectivity index (χ4v) is 4.10. The van der Waals surface area contributed by atoms with Gasteiger partial charge in [0.2, 0.25) is 5.88 Å². The Labute approximate surface area is 253 Å². The first-order chi connectivity index (χ1) is 20.5. The molecule has 0 aliphatic heterocycles. The van der Waals surface area contributed by atoms with Crippen LogP contribution in [0.25, 0.3) is 0 Å². The van der Waals surface area contributed by atoms with Crippen LogP contribution in [0.2, 0.25) is 10.0 Å². The molecule has 4 aromatic rings. The van der Waals surface area contributed by atoms with Gasteiger partial charge in [-0.25, -0.2) is 4.98 Å². The summed E-state index contributed by atoms with van der Waals surface area (Å²) in [5, 5.41) is 0.934. The summed E-state index contributed by atoms with van der Waals surface area (Å²) in [6.45, 7) is -1.38. The lowest BCUT2D eigenvalue weighted by molar-refractivity contribution is -0.138. The lowest BCUT2D eigenvalue weighted by atomic mass is 10.1. The molecular formula is C29H15Cl2F8N3O2. The topological polar surface area (TPSA) is 64.1 Å². The van der Waals surface area contributed by atoms with Crippen molar-refractivity contribution in [1.29, 1.82) is 0 Å². The lowest BCUT2D eigenvalue weighted by Gasteiger charge is -2.18. The number of hydrogen-bond donors (Lipinski definition) is 1. The van der Waals surface area contributed by atoms with E-state index in [-0.39, 0.29) is 22.2 Å². The number of pyridine rings is 2. The van der Waals surface area contributed by atoms with Gasteiger partial charge in [0.15, 0.2) is 0 Å². The average molecular weight is 660 g/mol. The second kappa shape index (κ2) is 12.7. The number of amides is 1. The van der Waals surface area contributed by atoms with E-state index in [1.54, 1.807) is 5.32 Å². The van der Waals surface area contributed by atoms with E-state index < -0.39 is 58.1 Å². The first-order valence-corrected chi connectivity index (χ1v) is 12.8. The fraction of sp³-hybridized carbons (Fsp3) is 0.138. The molecule has 0 saturated heterocycles. The van der Waals surface area contributed by atoms with Crippen molar-refractivity contribution in [2.45, 2.75) is 18.3 Å². The molecule has 1 amide bonds. The SMILES string of the molecule is O=C(NCC(F)(F)c1ncc(C#Cc2ccc(Oc3ncc(C(F)(F)F)cc3Cl)cc2)cc1Cl)c1ccccc1C(F)(F)F. The van der Waals surface area contributed by atoms with Crippen molar-refractivity contribution in [2.75, 3.05) is 6.54 Å². The van der Waals surface area contributed by atoms with Crippen molar-refractivity contribution in [3.05, 3.63) is 117 Å². The summed E-state index contributed by atoms with van der Waals surface area (Å²) in [5.74, 6) is 0.159. The van der Waals surface area contributed by atoms with Gasteiger partial charge in [-0.3, -0.25) is 9.78 Å². The molecule has 228 valence electrons. The Morgan fingerprint density at radius 2 is 1.45 bits per heavy atom. The van der Waals surface area contributed by atoms with Crippen LogP contribution in [0.15, 0.2) is 73.1 Å². The van der Waals surface area contributed by atoms with Gasteiger partial charge in [0, 0.05) is 23.5 Å². The molecule has 0 bridgehead atoms. The van der Waals surface area contributed by atoms with Crippen molar-refractivity contribution in [3.63, 3.8) is 0 Å². The highest BCUT2D eigenvalue weighted by atomic mass is 35.5. The number of carbonyl (C=O) groups excluding carboxylic acids is 1. The van der Waals surface area contributed by atoms with Crippen LogP contribution in [0.1, 0.15) is 38.3 Å². The summed E-state index contributed by atoms with van der Waals surface area (Å²) in [4.78, 5) is 19.5. The largest absolute Gasteiger partial charge is 0.438 e. The number of hydrogen-bond acceptors (Lipinski definition) is 4. The van der Waals surface area contributed by atoms with E-state index >= 15 is 0 Å². The molecule has 0 unspecified atom stereocenters. The maximum absolute atomic E-state index is 14.8. The van der Waals surface area contributed by atoms with Crippen LogP contribution in [-0.4, -0.2) is 22.4 Å². The number of ether oxygens (including phenoxy) is 1. The Bertz CT molecular complexity index is 1750. The second-order valence-electron chi connectivity index (χ2n) is 8.87. The molecule has 0 radical (unpaired) electrons. The summed E-state index contributed by atoms with van der Waals surface area (Å²) in [6.07, 6.45) is -7.91. The Kier molecular flexibility index (Phi) is 9.36. The highest BCUT2D eigenvalue weighted by Crippen LogP contribution is 2.35. The van der Waals surface area contributed by atoms with E-state index in [4.69, 9.17) is 27.9 Å². The number of halogens is 10. The first kappa shape index (κ1) is 32.5. The summed E-state index contributed by atoms with van der Waals surface area (Å²) >= 11 is 11.8. The van der Waals surface area contributed by atoms with Gasteiger partial charge in [0.05, 0.1) is 28.3 Å². The molecule has 4 rings (SSSR count). The van der Waals surface area contributed by atoms with E-state index in [2.05, 4.69) is 21.8 Å². The molecule has 2 aromatic carbocycles. The highest BCUT2D eigenvalue weighted by molar-refractivity contribution is 6.32. The minimum atomic E-state index is -4.87. The molecular weight excluding hydrogens is 645 g/mol. The quantitative estimate of drug-likeness (QED) is 0.166. The lowest BCUT2D eigenvalue weighted by Crippen LogP contribution is -2.36. The summed E-state index contributed by atoms with van der Waals surface area (Å²) in [6, 6.07) is 11.4. The van der Waals surface area contributed by atoms with Crippen LogP contribution >= 0.6 is 23.2 Å². The minimum Gasteiger partial charge on any atom is -0.438 e. The van der Waals surface area contributed by atoms with Gasteiger partial charge in [-0.05, 0) is 48.5 Å². The smallest absolute Gasteiger partial charge is 0.417 e. The predicted octanol–water partition coefficient (Wildman–Crippen LogP) is 8.53. The summed E-state index contributed by atoms with van der Waals surface area (Å²) in [7, 11) is 0. The van der Waals surface area contributed by atoms with E-state index in [9.17, 15) is 39.9 Å². The van der Waals surface area contributed by atoms with Crippen molar-refractivity contribution >= 4 is 29.1 Å². The number of nitrogens with one attached hydrogen (secondary N) is 1. The van der Waals surface area contributed by atoms with Crippen LogP contribution in [0.5, 0.6) is 11.6 Å². The van der Waals surface area contributed by atoms with Crippen LogP contribution in [0.4, 0.5) is 35.1 Å². The maximum atomic E-state index is 14.8. The normalized spacial score (nSPS) is 11.9. The summed E-state index contributed by atoms with van der Waals surface area (Å²) in [5.41, 5.74) is -3.49. The van der Waals surface area contributed by atoms with Gasteiger partial charge in [-0.2, -0.15) is 35.1 Å². The van der Waals surface area contributed by atoms with Gasteiger partial charge in [0.25, 0.3) is 5.91 Å². The van der Waals surface area contributed by atoms with Gasteiger partial charge in [0.1, 0.15) is 16.5 Å². The Balaban J connectivity index is 1.41. The molecule has 2 heterocycles. The number of benzene rings is 2. The molecule has 0 spiro atoms. The van der Waals surface area contributed by atoms with Gasteiger partial charge >= 0.3 is 18.3 Å². The van der Waals surface area contributed by atoms with Crippen molar-refractivity contribution in [3.8, 4) is 23.5 Å². The molecule has 0 aliphatic rings. The second-order valence-corrected chi connectivity index (χ2v) is 9.68. The average Bonchev–Trinajstić information content (AvgIpc) is 2.95. The molecule has 1 N–H and O–H groups in total. The number of aromatic nitrogens is 2. The molecule has 44 heavy (non-hydrogen) atoms. The fourth-order valence-electron chi connectivity index (χ4n) is 3.59. The van der Waals surface area contributed by atoms with E-state index in [1.807, 2.05) is 0 Å². The standard InChI is InChI=1S/C29H15Cl2F8N3O2/c30-22-11-17(6-5-16-7-9-19(10-8-16)44-26-23(31)12-18(14-41-26)28(34,35)36)13-40-24(22)27(32,33)15-42-25(43)20-3-1-2-4-21(20)29(37,38)39/h1-4,7-14H,15H2,(H,42,43). The molecule has 5 nitrogen and oxygen atoms in total. The highest BCUT2D eigenvalue weighted by Gasteiger charge is 2.38. The van der Waals surface area contributed by atoms with E-state index in [1.165, 1.54) is 30.3 Å². The van der Waals surface area contributed by atoms with Gasteiger partial charge in [-0.15, -0.1) is 0 Å². The van der Waals surface area contributed by atoms with E-state index in [0.29, 0.717) is 23.9 Å². The van der Waals surface area contributed by atoms with Crippen molar-refractivity contribution in [2.24, 2.45) is 0 Å². The van der Waals surface area contributed by atoms with Gasteiger partial charge in [-0.1, -0.05) is 47.2 Å². The third-order valence-corrected chi connectivity index (χ3v) is 6.25. The maximum Gasteiger partial charge on any atom is 0.417 e. The Morgan fingerprint density at radius 3 is 2.07 bits per heavy atom. The minimum absolute atomic E-state index is 0.138. The van der Waals surface area contributed by atoms with Gasteiger partial charge < -0.3 is 10.1 Å². The third kappa shape index (κ3) is 7.94. The van der Waals surface area contributed by atoms with Crippen LogP contribution in [0, 0.1) is 11.8 Å². The zero-order valence-corrected chi connectivity index (χ0v) is 23.1. The number of carbonyl (C=O) groups is 1. The predicted molar refractivity (Wildman–Crippen MR) is 144 cm³/mol.